The molecule has 150 valence electrons. The van der Waals surface area contributed by atoms with Crippen LogP contribution >= 0.6 is 0 Å². The van der Waals surface area contributed by atoms with Gasteiger partial charge in [-0.3, -0.25) is 4.79 Å². The Bertz CT molecular complexity index is 996. The van der Waals surface area contributed by atoms with Crippen molar-refractivity contribution in [3.05, 3.63) is 47.8 Å². The number of nitrogens with one attached hydrogen (secondary N) is 1. The number of hydrogen-bond acceptors (Lipinski definition) is 6. The summed E-state index contributed by atoms with van der Waals surface area (Å²) < 4.78 is 55.2. The summed E-state index contributed by atoms with van der Waals surface area (Å²) in [6.07, 6.45) is 0. The van der Waals surface area contributed by atoms with Crippen LogP contribution in [-0.2, 0) is 21.4 Å². The fourth-order valence-electron chi connectivity index (χ4n) is 2.61. The van der Waals surface area contributed by atoms with E-state index in [1.807, 2.05) is 0 Å². The molecular weight excluding hydrogens is 391 g/mol. The highest BCUT2D eigenvalue weighted by Crippen LogP contribution is 2.32. The molecule has 0 bridgehead atoms. The molecule has 1 amide bonds. The van der Waals surface area contributed by atoms with Crippen LogP contribution in [0, 0.1) is 5.82 Å². The maximum atomic E-state index is 13.5. The molecule has 1 heterocycles. The minimum Gasteiger partial charge on any atom is -0.495 e. The molecule has 0 atom stereocenters. The highest BCUT2D eigenvalue weighted by atomic mass is 32.2. The Morgan fingerprint density at radius 3 is 2.71 bits per heavy atom. The van der Waals surface area contributed by atoms with Crippen molar-refractivity contribution in [1.29, 1.82) is 0 Å². The van der Waals surface area contributed by atoms with Gasteiger partial charge in [0.05, 0.1) is 13.7 Å². The molecule has 2 aromatic rings. The van der Waals surface area contributed by atoms with E-state index in [1.165, 1.54) is 20.2 Å². The number of carbonyl (C=O) groups is 1. The van der Waals surface area contributed by atoms with Gasteiger partial charge in [-0.1, -0.05) is 6.07 Å². The first kappa shape index (κ1) is 19.9. The number of sulfonamides is 1. The lowest BCUT2D eigenvalue weighted by atomic mass is 10.2. The molecule has 0 spiro atoms. The minimum atomic E-state index is -4.12. The molecule has 1 N–H and O–H groups in total. The van der Waals surface area contributed by atoms with E-state index in [-0.39, 0.29) is 24.0 Å². The zero-order valence-electron chi connectivity index (χ0n) is 15.3. The minimum absolute atomic E-state index is 0.00554. The topological polar surface area (TPSA) is 94.2 Å². The molecule has 0 radical (unpaired) electrons. The molecule has 10 heteroatoms. The van der Waals surface area contributed by atoms with E-state index in [0.29, 0.717) is 11.5 Å². The third kappa shape index (κ3) is 4.18. The van der Waals surface area contributed by atoms with Gasteiger partial charge in [-0.2, -0.15) is 4.31 Å². The number of ether oxygens (including phenoxy) is 3. The van der Waals surface area contributed by atoms with Gasteiger partial charge in [-0.25, -0.2) is 12.8 Å². The number of likely N-dealkylation sites (N-methyl/N-ethyl adjacent to an activating group) is 1. The number of nitrogens with zero attached hydrogens (tertiary/aromatic N) is 1. The predicted molar refractivity (Wildman–Crippen MR) is 97.2 cm³/mol. The normalized spacial score (nSPS) is 12.9. The molecule has 0 fully saturated rings. The standard InChI is InChI=1S/C18H19FN2O6S/c1-21(28(23,24)17-8-13(19)4-6-15(17)25-2)10-18(22)20-9-12-3-5-14-16(7-12)27-11-26-14/h3-8H,9-11H2,1-2H3,(H,20,22). The lowest BCUT2D eigenvalue weighted by molar-refractivity contribution is -0.121. The van der Waals surface area contributed by atoms with Gasteiger partial charge in [0.25, 0.3) is 0 Å². The van der Waals surface area contributed by atoms with Crippen LogP contribution < -0.4 is 19.5 Å². The maximum Gasteiger partial charge on any atom is 0.247 e. The number of rotatable bonds is 7. The summed E-state index contributed by atoms with van der Waals surface area (Å²) in [5.41, 5.74) is 0.773. The van der Waals surface area contributed by atoms with Gasteiger partial charge in [0.1, 0.15) is 16.5 Å². The van der Waals surface area contributed by atoms with Crippen LogP contribution in [0.2, 0.25) is 0 Å². The summed E-state index contributed by atoms with van der Waals surface area (Å²) in [4.78, 5) is 11.8. The molecule has 0 aromatic heterocycles. The number of methoxy groups -OCH3 is 1. The molecule has 0 unspecified atom stereocenters. The van der Waals surface area contributed by atoms with Gasteiger partial charge in [-0.05, 0) is 35.9 Å². The summed E-state index contributed by atoms with van der Waals surface area (Å²) in [5.74, 6) is -0.0252. The summed E-state index contributed by atoms with van der Waals surface area (Å²) in [7, 11) is -1.60. The second-order valence-electron chi connectivity index (χ2n) is 6.02. The van der Waals surface area contributed by atoms with E-state index in [9.17, 15) is 17.6 Å². The van der Waals surface area contributed by atoms with Gasteiger partial charge >= 0.3 is 0 Å². The van der Waals surface area contributed by atoms with Gasteiger partial charge < -0.3 is 19.5 Å². The first-order valence-electron chi connectivity index (χ1n) is 8.26. The molecular formula is C18H19FN2O6S. The lowest BCUT2D eigenvalue weighted by Crippen LogP contribution is -2.38. The van der Waals surface area contributed by atoms with E-state index in [1.54, 1.807) is 18.2 Å². The van der Waals surface area contributed by atoms with E-state index >= 15 is 0 Å². The second kappa shape index (κ2) is 8.03. The Hall–Kier alpha value is -2.85. The molecule has 1 aliphatic rings. The molecule has 2 aromatic carbocycles. The van der Waals surface area contributed by atoms with Crippen LogP contribution in [-0.4, -0.2) is 46.1 Å². The highest BCUT2D eigenvalue weighted by Gasteiger charge is 2.27. The van der Waals surface area contributed by atoms with E-state index in [0.717, 1.165) is 22.0 Å². The van der Waals surface area contributed by atoms with Crippen LogP contribution in [0.25, 0.3) is 0 Å². The van der Waals surface area contributed by atoms with Crippen LogP contribution in [0.4, 0.5) is 4.39 Å². The lowest BCUT2D eigenvalue weighted by Gasteiger charge is -2.18. The first-order chi connectivity index (χ1) is 13.3. The average molecular weight is 410 g/mol. The molecule has 0 saturated carbocycles. The maximum absolute atomic E-state index is 13.5. The highest BCUT2D eigenvalue weighted by molar-refractivity contribution is 7.89. The number of amides is 1. The van der Waals surface area contributed by atoms with Gasteiger partial charge in [0, 0.05) is 13.6 Å². The van der Waals surface area contributed by atoms with E-state index < -0.39 is 28.3 Å². The Morgan fingerprint density at radius 2 is 1.96 bits per heavy atom. The van der Waals surface area contributed by atoms with Gasteiger partial charge in [0.15, 0.2) is 11.5 Å². The second-order valence-corrected chi connectivity index (χ2v) is 8.03. The zero-order chi connectivity index (χ0) is 20.3. The van der Waals surface area contributed by atoms with Gasteiger partial charge in [-0.15, -0.1) is 0 Å². The monoisotopic (exact) mass is 410 g/mol. The molecule has 1 aliphatic heterocycles. The Balaban J connectivity index is 1.64. The Kier molecular flexibility index (Phi) is 5.71. The SMILES string of the molecule is COc1ccc(F)cc1S(=O)(=O)N(C)CC(=O)NCc1ccc2c(c1)OCO2. The molecule has 3 rings (SSSR count). The van der Waals surface area contributed by atoms with Crippen molar-refractivity contribution in [3.8, 4) is 17.2 Å². The quantitative estimate of drug-likeness (QED) is 0.744. The fraction of sp³-hybridized carbons (Fsp3) is 0.278. The van der Waals surface area contributed by atoms with Crippen LogP contribution in [0.15, 0.2) is 41.3 Å². The summed E-state index contributed by atoms with van der Waals surface area (Å²) in [6.45, 7) is -0.101. The molecule has 8 nitrogen and oxygen atoms in total. The van der Waals surface area contributed by atoms with Crippen molar-refractivity contribution >= 4 is 15.9 Å². The Labute approximate surface area is 161 Å². The summed E-state index contributed by atoms with van der Waals surface area (Å²) in [6, 6.07) is 8.41. The largest absolute Gasteiger partial charge is 0.495 e. The Morgan fingerprint density at radius 1 is 1.21 bits per heavy atom. The average Bonchev–Trinajstić information content (AvgIpc) is 3.14. The molecule has 0 aliphatic carbocycles. The first-order valence-corrected chi connectivity index (χ1v) is 9.70. The number of halogens is 1. The van der Waals surface area contributed by atoms with Crippen molar-refractivity contribution in [1.82, 2.24) is 9.62 Å². The van der Waals surface area contributed by atoms with Crippen LogP contribution in [0.5, 0.6) is 17.2 Å². The van der Waals surface area contributed by atoms with Crippen molar-refractivity contribution in [2.24, 2.45) is 0 Å². The summed E-state index contributed by atoms with van der Waals surface area (Å²) in [5, 5.41) is 2.64. The van der Waals surface area contributed by atoms with Crippen LogP contribution in [0.3, 0.4) is 0 Å². The third-order valence-corrected chi connectivity index (χ3v) is 5.93. The fourth-order valence-corrected chi connectivity index (χ4v) is 3.90. The van der Waals surface area contributed by atoms with Crippen molar-refractivity contribution in [2.45, 2.75) is 11.4 Å². The van der Waals surface area contributed by atoms with E-state index in [2.05, 4.69) is 5.32 Å². The van der Waals surface area contributed by atoms with Gasteiger partial charge in [0.2, 0.25) is 22.7 Å². The van der Waals surface area contributed by atoms with Crippen molar-refractivity contribution in [3.63, 3.8) is 0 Å². The molecule has 0 saturated heterocycles. The third-order valence-electron chi connectivity index (χ3n) is 4.11. The van der Waals surface area contributed by atoms with Crippen LogP contribution in [0.1, 0.15) is 5.56 Å². The number of benzene rings is 2. The number of hydrogen-bond donors (Lipinski definition) is 1. The number of fused-ring (bicyclic) bond motifs is 1. The van der Waals surface area contributed by atoms with Crippen molar-refractivity contribution < 1.29 is 31.8 Å². The number of carbonyl (C=O) groups excluding carboxylic acids is 1. The zero-order valence-corrected chi connectivity index (χ0v) is 16.1. The van der Waals surface area contributed by atoms with E-state index in [4.69, 9.17) is 14.2 Å². The molecule has 28 heavy (non-hydrogen) atoms. The predicted octanol–water partition coefficient (Wildman–Crippen LogP) is 1.50. The van der Waals surface area contributed by atoms with Crippen molar-refractivity contribution in [2.75, 3.05) is 27.5 Å². The smallest absolute Gasteiger partial charge is 0.247 e. The summed E-state index contributed by atoms with van der Waals surface area (Å²) >= 11 is 0.